The Labute approximate surface area is 173 Å². The van der Waals surface area contributed by atoms with Crippen LogP contribution < -0.4 is 10.0 Å². The Bertz CT molecular complexity index is 1120. The van der Waals surface area contributed by atoms with E-state index >= 15 is 0 Å². The second-order valence-electron chi connectivity index (χ2n) is 6.37. The van der Waals surface area contributed by atoms with Gasteiger partial charge in [-0.15, -0.1) is 11.8 Å². The Balaban J connectivity index is 1.94. The zero-order valence-electron chi connectivity index (χ0n) is 15.8. The van der Waals surface area contributed by atoms with E-state index in [0.29, 0.717) is 11.3 Å². The van der Waals surface area contributed by atoms with Crippen LogP contribution in [0.1, 0.15) is 18.5 Å². The molecule has 3 aromatic carbocycles. The number of rotatable bonds is 7. The van der Waals surface area contributed by atoms with Crippen LogP contribution in [0.5, 0.6) is 0 Å². The summed E-state index contributed by atoms with van der Waals surface area (Å²) >= 11 is 1.48. The molecule has 0 spiro atoms. The number of thioether (sulfide) groups is 1. The molecule has 0 saturated heterocycles. The molecule has 0 saturated carbocycles. The van der Waals surface area contributed by atoms with Gasteiger partial charge in [-0.05, 0) is 55.6 Å². The van der Waals surface area contributed by atoms with Crippen LogP contribution in [0, 0.1) is 11.6 Å². The first-order chi connectivity index (χ1) is 13.8. The van der Waals surface area contributed by atoms with Gasteiger partial charge in [0.25, 0.3) is 10.0 Å². The van der Waals surface area contributed by atoms with Gasteiger partial charge >= 0.3 is 0 Å². The molecule has 8 heteroatoms. The topological polar surface area (TPSA) is 58.2 Å². The van der Waals surface area contributed by atoms with Crippen LogP contribution in [0.4, 0.5) is 20.2 Å². The lowest BCUT2D eigenvalue weighted by atomic mass is 10.1. The second-order valence-corrected chi connectivity index (χ2v) is 8.90. The zero-order valence-corrected chi connectivity index (χ0v) is 17.5. The minimum absolute atomic E-state index is 0.177. The molecule has 0 aromatic heterocycles. The lowest BCUT2D eigenvalue weighted by molar-refractivity contribution is 0.594. The Morgan fingerprint density at radius 1 is 0.966 bits per heavy atom. The van der Waals surface area contributed by atoms with Gasteiger partial charge < -0.3 is 5.32 Å². The van der Waals surface area contributed by atoms with Gasteiger partial charge in [-0.3, -0.25) is 4.72 Å². The van der Waals surface area contributed by atoms with E-state index in [0.717, 1.165) is 17.0 Å². The van der Waals surface area contributed by atoms with E-state index in [4.69, 9.17) is 0 Å². The maximum Gasteiger partial charge on any atom is 0.264 e. The fraction of sp³-hybridized carbons (Fsp3) is 0.143. The van der Waals surface area contributed by atoms with E-state index in [1.54, 1.807) is 43.3 Å². The van der Waals surface area contributed by atoms with Crippen molar-refractivity contribution in [1.82, 2.24) is 0 Å². The number of nitrogens with one attached hydrogen (secondary N) is 2. The molecule has 0 fully saturated rings. The van der Waals surface area contributed by atoms with Gasteiger partial charge in [-0.2, -0.15) is 0 Å². The molecule has 0 bridgehead atoms. The minimum atomic E-state index is -4.08. The van der Waals surface area contributed by atoms with E-state index in [-0.39, 0.29) is 10.6 Å². The SMILES string of the molecule is CSc1cccc(NS(=O)(=O)c2cc(F)ccc2NC(C)c2ccccc2F)c1. The van der Waals surface area contributed by atoms with Gasteiger partial charge in [-0.25, -0.2) is 17.2 Å². The fourth-order valence-electron chi connectivity index (χ4n) is 2.87. The molecule has 0 amide bonds. The molecular formula is C21H20F2N2O2S2. The molecule has 0 heterocycles. The highest BCUT2D eigenvalue weighted by molar-refractivity contribution is 7.98. The van der Waals surface area contributed by atoms with Gasteiger partial charge in [0.15, 0.2) is 0 Å². The third kappa shape index (κ3) is 5.07. The van der Waals surface area contributed by atoms with Crippen LogP contribution in [0.3, 0.4) is 0 Å². The first-order valence-corrected chi connectivity index (χ1v) is 11.5. The van der Waals surface area contributed by atoms with Gasteiger partial charge in [0.2, 0.25) is 0 Å². The Kier molecular flexibility index (Phi) is 6.44. The van der Waals surface area contributed by atoms with Crippen LogP contribution in [-0.2, 0) is 10.0 Å². The largest absolute Gasteiger partial charge is 0.377 e. The summed E-state index contributed by atoms with van der Waals surface area (Å²) in [5.74, 6) is -1.10. The molecule has 2 N–H and O–H groups in total. The summed E-state index contributed by atoms with van der Waals surface area (Å²) in [5, 5.41) is 2.98. The summed E-state index contributed by atoms with van der Waals surface area (Å²) < 4.78 is 56.3. The molecule has 1 atom stereocenters. The maximum absolute atomic E-state index is 14.1. The number of anilines is 2. The molecule has 152 valence electrons. The van der Waals surface area contributed by atoms with Crippen molar-refractivity contribution in [2.45, 2.75) is 22.8 Å². The summed E-state index contributed by atoms with van der Waals surface area (Å²) in [6.45, 7) is 1.70. The van der Waals surface area contributed by atoms with E-state index in [1.165, 1.54) is 23.9 Å². The van der Waals surface area contributed by atoms with Crippen molar-refractivity contribution in [2.75, 3.05) is 16.3 Å². The van der Waals surface area contributed by atoms with Crippen LogP contribution >= 0.6 is 11.8 Å². The van der Waals surface area contributed by atoms with Crippen LogP contribution in [0.15, 0.2) is 76.5 Å². The van der Waals surface area contributed by atoms with Gasteiger partial charge in [0, 0.05) is 16.1 Å². The predicted octanol–water partition coefficient (Wildman–Crippen LogP) is 5.66. The van der Waals surface area contributed by atoms with Gasteiger partial charge in [-0.1, -0.05) is 24.3 Å². The third-order valence-electron chi connectivity index (χ3n) is 4.30. The highest BCUT2D eigenvalue weighted by Gasteiger charge is 2.22. The zero-order chi connectivity index (χ0) is 21.0. The third-order valence-corrected chi connectivity index (χ3v) is 6.45. The Hall–Kier alpha value is -2.58. The lowest BCUT2D eigenvalue weighted by Crippen LogP contribution is -2.17. The molecule has 1 unspecified atom stereocenters. The van der Waals surface area contributed by atoms with Crippen molar-refractivity contribution in [3.8, 4) is 0 Å². The molecule has 0 aliphatic rings. The summed E-state index contributed by atoms with van der Waals surface area (Å²) in [5.41, 5.74) is 0.922. The van der Waals surface area contributed by atoms with Crippen molar-refractivity contribution in [3.05, 3.63) is 83.9 Å². The van der Waals surface area contributed by atoms with E-state index in [1.807, 2.05) is 12.3 Å². The minimum Gasteiger partial charge on any atom is -0.377 e. The average Bonchev–Trinajstić information content (AvgIpc) is 2.69. The summed E-state index contributed by atoms with van der Waals surface area (Å²) in [6.07, 6.45) is 1.88. The van der Waals surface area contributed by atoms with Crippen molar-refractivity contribution >= 4 is 33.2 Å². The van der Waals surface area contributed by atoms with Gasteiger partial charge in [0.05, 0.1) is 11.7 Å². The molecule has 3 rings (SSSR count). The second kappa shape index (κ2) is 8.84. The average molecular weight is 435 g/mol. The summed E-state index contributed by atoms with van der Waals surface area (Å²) in [7, 11) is -4.08. The number of halogens is 2. The van der Waals surface area contributed by atoms with Crippen molar-refractivity contribution < 1.29 is 17.2 Å². The van der Waals surface area contributed by atoms with E-state index in [2.05, 4.69) is 10.0 Å². The first kappa shape index (κ1) is 21.1. The molecule has 3 aromatic rings. The summed E-state index contributed by atoms with van der Waals surface area (Å²) in [4.78, 5) is 0.631. The highest BCUT2D eigenvalue weighted by atomic mass is 32.2. The van der Waals surface area contributed by atoms with Crippen molar-refractivity contribution in [1.29, 1.82) is 0 Å². The van der Waals surface area contributed by atoms with Crippen LogP contribution in [-0.4, -0.2) is 14.7 Å². The Morgan fingerprint density at radius 3 is 2.45 bits per heavy atom. The first-order valence-electron chi connectivity index (χ1n) is 8.77. The number of hydrogen-bond donors (Lipinski definition) is 2. The van der Waals surface area contributed by atoms with Gasteiger partial charge in [0.1, 0.15) is 16.5 Å². The van der Waals surface area contributed by atoms with Crippen LogP contribution in [0.2, 0.25) is 0 Å². The number of benzene rings is 3. The predicted molar refractivity (Wildman–Crippen MR) is 114 cm³/mol. The monoisotopic (exact) mass is 434 g/mol. The number of hydrogen-bond acceptors (Lipinski definition) is 4. The lowest BCUT2D eigenvalue weighted by Gasteiger charge is -2.19. The molecule has 0 radical (unpaired) electrons. The summed E-state index contributed by atoms with van der Waals surface area (Å²) in [6, 6.07) is 16.0. The maximum atomic E-state index is 14.1. The smallest absolute Gasteiger partial charge is 0.264 e. The standard InChI is InChI=1S/C21H20F2N2O2S2/c1-14(18-8-3-4-9-19(18)23)24-20-11-10-15(22)12-21(20)29(26,27)25-16-6-5-7-17(13-16)28-2/h3-14,24-25H,1-2H3. The number of sulfonamides is 1. The van der Waals surface area contributed by atoms with Crippen LogP contribution in [0.25, 0.3) is 0 Å². The normalized spacial score (nSPS) is 12.4. The molecule has 4 nitrogen and oxygen atoms in total. The van der Waals surface area contributed by atoms with Crippen molar-refractivity contribution in [3.63, 3.8) is 0 Å². The Morgan fingerprint density at radius 2 is 1.72 bits per heavy atom. The fourth-order valence-corrected chi connectivity index (χ4v) is 4.56. The quantitative estimate of drug-likeness (QED) is 0.471. The highest BCUT2D eigenvalue weighted by Crippen LogP contribution is 2.29. The van der Waals surface area contributed by atoms with Crippen molar-refractivity contribution in [2.24, 2.45) is 0 Å². The molecule has 0 aliphatic carbocycles. The molecular weight excluding hydrogens is 414 g/mol. The van der Waals surface area contributed by atoms with E-state index in [9.17, 15) is 17.2 Å². The van der Waals surface area contributed by atoms with E-state index < -0.39 is 27.7 Å². The molecule has 29 heavy (non-hydrogen) atoms. The molecule has 0 aliphatic heterocycles.